The predicted octanol–water partition coefficient (Wildman–Crippen LogP) is 1.48. The smallest absolute Gasteiger partial charge is 0.302 e. The Bertz CT molecular complexity index is 515. The van der Waals surface area contributed by atoms with E-state index in [2.05, 4.69) is 0 Å². The zero-order chi connectivity index (χ0) is 14.7. The lowest BCUT2D eigenvalue weighted by molar-refractivity contribution is -0.910. The number of ether oxygens (including phenoxy) is 3. The van der Waals surface area contributed by atoms with Gasteiger partial charge < -0.3 is 14.2 Å². The highest BCUT2D eigenvalue weighted by Gasteiger charge is 2.31. The van der Waals surface area contributed by atoms with E-state index in [1.165, 1.54) is 6.92 Å². The summed E-state index contributed by atoms with van der Waals surface area (Å²) in [6, 6.07) is 0. The number of carbonyl (C=O) groups is 1. The van der Waals surface area contributed by atoms with Gasteiger partial charge in [-0.1, -0.05) is 13.8 Å². The number of carbonyl (C=O) groups excluding carboxylic acids is 1. The summed E-state index contributed by atoms with van der Waals surface area (Å²) in [6.07, 6.45) is 2.59. The summed E-state index contributed by atoms with van der Waals surface area (Å²) in [6.45, 7) is 5.73. The van der Waals surface area contributed by atoms with Crippen molar-refractivity contribution in [1.82, 2.24) is 0 Å². The molecule has 1 N–H and O–H groups in total. The second-order valence-corrected chi connectivity index (χ2v) is 4.65. The van der Waals surface area contributed by atoms with Crippen molar-refractivity contribution in [2.75, 3.05) is 0 Å². The molecule has 1 unspecified atom stereocenters. The van der Waals surface area contributed by atoms with E-state index >= 15 is 0 Å². The van der Waals surface area contributed by atoms with Gasteiger partial charge in [0.2, 0.25) is 11.9 Å². The minimum Gasteiger partial charge on any atom is -0.461 e. The summed E-state index contributed by atoms with van der Waals surface area (Å²) in [4.78, 5) is 10.9. The molecule has 0 fully saturated rings. The molecule has 2 rings (SSSR count). The van der Waals surface area contributed by atoms with Gasteiger partial charge in [0.25, 0.3) is 5.69 Å². The van der Waals surface area contributed by atoms with Gasteiger partial charge >= 0.3 is 5.97 Å². The minimum atomic E-state index is -0.369. The Kier molecular flexibility index (Phi) is 4.44. The Morgan fingerprint density at radius 3 is 2.90 bits per heavy atom. The lowest BCUT2D eigenvalue weighted by Gasteiger charge is -2.26. The molecule has 0 amide bonds. The molecule has 6 nitrogen and oxygen atoms in total. The van der Waals surface area contributed by atoms with Crippen LogP contribution in [0.4, 0.5) is 0 Å². The zero-order valence-electron chi connectivity index (χ0n) is 12.0. The number of rotatable bonds is 4. The summed E-state index contributed by atoms with van der Waals surface area (Å²) in [5, 5.41) is 10.0. The molecule has 0 spiro atoms. The van der Waals surface area contributed by atoms with Crippen molar-refractivity contribution in [3.05, 3.63) is 23.0 Å². The van der Waals surface area contributed by atoms with Gasteiger partial charge in [-0.25, -0.2) is 0 Å². The third-order valence-corrected chi connectivity index (χ3v) is 3.24. The van der Waals surface area contributed by atoms with Crippen molar-refractivity contribution < 1.29 is 28.9 Å². The molecule has 0 radical (unpaired) electrons. The third-order valence-electron chi connectivity index (χ3n) is 3.24. The van der Waals surface area contributed by atoms with Gasteiger partial charge in [0, 0.05) is 30.1 Å². The van der Waals surface area contributed by atoms with Gasteiger partial charge in [0.1, 0.15) is 6.61 Å². The first kappa shape index (κ1) is 14.6. The molecule has 20 heavy (non-hydrogen) atoms. The van der Waals surface area contributed by atoms with Gasteiger partial charge in [0.15, 0.2) is 6.29 Å². The van der Waals surface area contributed by atoms with Crippen LogP contribution in [0.15, 0.2) is 6.20 Å². The van der Waals surface area contributed by atoms with E-state index < -0.39 is 0 Å². The second kappa shape index (κ2) is 6.09. The summed E-state index contributed by atoms with van der Waals surface area (Å²) in [5.74, 6) is 0.268. The van der Waals surface area contributed by atoms with Crippen LogP contribution in [0.2, 0.25) is 0 Å². The maximum Gasteiger partial charge on any atom is 0.302 e. The molecule has 6 heteroatoms. The summed E-state index contributed by atoms with van der Waals surface area (Å²) in [5.41, 5.74) is 2.20. The summed E-state index contributed by atoms with van der Waals surface area (Å²) >= 11 is 0. The molecule has 0 bridgehead atoms. The van der Waals surface area contributed by atoms with Crippen LogP contribution >= 0.6 is 0 Å². The van der Waals surface area contributed by atoms with E-state index in [1.54, 1.807) is 6.20 Å². The fraction of sp³-hybridized carbons (Fsp3) is 0.571. The first-order chi connectivity index (χ1) is 9.56. The Morgan fingerprint density at radius 1 is 1.55 bits per heavy atom. The van der Waals surface area contributed by atoms with Gasteiger partial charge in [0.05, 0.1) is 12.2 Å². The number of hydrogen-bond acceptors (Lipinski definition) is 5. The van der Waals surface area contributed by atoms with Crippen LogP contribution < -0.4 is 9.47 Å². The predicted molar refractivity (Wildman–Crippen MR) is 68.2 cm³/mol. The van der Waals surface area contributed by atoms with Crippen LogP contribution in [-0.4, -0.2) is 17.5 Å². The van der Waals surface area contributed by atoms with E-state index in [-0.39, 0.29) is 18.9 Å². The van der Waals surface area contributed by atoms with Crippen molar-refractivity contribution in [3.8, 4) is 5.75 Å². The molecule has 0 aliphatic carbocycles. The molecule has 1 aliphatic rings. The van der Waals surface area contributed by atoms with E-state index in [0.29, 0.717) is 30.0 Å². The molecule has 2 heterocycles. The van der Waals surface area contributed by atoms with E-state index in [0.717, 1.165) is 16.7 Å². The number of esters is 1. The minimum absolute atomic E-state index is 0.0890. The zero-order valence-corrected chi connectivity index (χ0v) is 12.0. The molecule has 0 aromatic carbocycles. The van der Waals surface area contributed by atoms with Crippen LogP contribution in [-0.2, 0) is 33.9 Å². The maximum absolute atomic E-state index is 10.9. The lowest BCUT2D eigenvalue weighted by Crippen LogP contribution is -2.39. The highest BCUT2D eigenvalue weighted by atomic mass is 16.7. The largest absolute Gasteiger partial charge is 0.461 e. The van der Waals surface area contributed by atoms with E-state index in [4.69, 9.17) is 14.2 Å². The molecule has 110 valence electrons. The Balaban J connectivity index is 2.40. The van der Waals surface area contributed by atoms with Gasteiger partial charge in [-0.05, 0) is 0 Å². The Labute approximate surface area is 117 Å². The molecular weight excluding hydrogens is 262 g/mol. The van der Waals surface area contributed by atoms with Gasteiger partial charge in [-0.2, -0.15) is 0 Å². The summed E-state index contributed by atoms with van der Waals surface area (Å²) in [7, 11) is 0. The number of nitrogens with zero attached hydrogens (tertiary/aromatic N) is 1. The monoisotopic (exact) mass is 282 g/mol. The Hall–Kier alpha value is -1.82. The van der Waals surface area contributed by atoms with Crippen molar-refractivity contribution in [1.29, 1.82) is 0 Å². The average Bonchev–Trinajstić information content (AvgIpc) is 2.44. The maximum atomic E-state index is 10.9. The van der Waals surface area contributed by atoms with Crippen molar-refractivity contribution in [2.24, 2.45) is 0 Å². The molecule has 1 aromatic heterocycles. The third kappa shape index (κ3) is 2.85. The van der Waals surface area contributed by atoms with Crippen molar-refractivity contribution in [2.45, 2.75) is 53.1 Å². The number of hydrogen-bond donors (Lipinski definition) is 1. The van der Waals surface area contributed by atoms with Crippen LogP contribution in [0.1, 0.15) is 44.0 Å². The standard InChI is InChI=1S/C14H20NO5/c1-4-12-14-11(8-19-13(5-2)20-14)10(6-15(12)17)7-18-9(3)16/h6,13,17H,4-5,7-8H2,1-3H3/q+1. The number of fused-ring (bicyclic) bond motifs is 1. The molecular formula is C14H20NO5+. The van der Waals surface area contributed by atoms with Crippen LogP contribution in [0, 0.1) is 0 Å². The molecule has 1 aromatic rings. The van der Waals surface area contributed by atoms with Crippen molar-refractivity contribution >= 4 is 5.97 Å². The van der Waals surface area contributed by atoms with Crippen LogP contribution in [0.5, 0.6) is 5.75 Å². The number of aromatic nitrogens is 1. The molecule has 1 aliphatic heterocycles. The SMILES string of the molecule is CCc1c2c(c(COC(C)=O)c[n+]1O)COC(CC)O2. The van der Waals surface area contributed by atoms with Crippen LogP contribution in [0.25, 0.3) is 0 Å². The second-order valence-electron chi connectivity index (χ2n) is 4.65. The molecule has 0 saturated heterocycles. The fourth-order valence-electron chi connectivity index (χ4n) is 2.19. The quantitative estimate of drug-likeness (QED) is 0.514. The number of pyridine rings is 1. The first-order valence-electron chi connectivity index (χ1n) is 6.76. The molecule has 1 atom stereocenters. The summed E-state index contributed by atoms with van der Waals surface area (Å²) < 4.78 is 17.4. The fourth-order valence-corrected chi connectivity index (χ4v) is 2.19. The topological polar surface area (TPSA) is 68.9 Å². The van der Waals surface area contributed by atoms with Gasteiger partial charge in [-0.3, -0.25) is 10.0 Å². The molecule has 0 saturated carbocycles. The normalized spacial score (nSPS) is 17.2. The van der Waals surface area contributed by atoms with Crippen molar-refractivity contribution in [3.63, 3.8) is 0 Å². The highest BCUT2D eigenvalue weighted by molar-refractivity contribution is 5.66. The lowest BCUT2D eigenvalue weighted by atomic mass is 10.1. The highest BCUT2D eigenvalue weighted by Crippen LogP contribution is 2.32. The first-order valence-corrected chi connectivity index (χ1v) is 6.76. The average molecular weight is 282 g/mol. The van der Waals surface area contributed by atoms with Gasteiger partial charge in [-0.15, -0.1) is 0 Å². The van der Waals surface area contributed by atoms with E-state index in [9.17, 15) is 10.0 Å². The van der Waals surface area contributed by atoms with Crippen LogP contribution in [0.3, 0.4) is 0 Å². The van der Waals surface area contributed by atoms with E-state index in [1.807, 2.05) is 13.8 Å². The Morgan fingerprint density at radius 2 is 2.30 bits per heavy atom.